The molecule has 0 aliphatic heterocycles. The average Bonchev–Trinajstić information content (AvgIpc) is 3.10. The number of carbonyl (C=O) groups is 1. The number of aliphatic hydroxyl groups is 1. The van der Waals surface area contributed by atoms with Gasteiger partial charge in [-0.15, -0.1) is 11.3 Å². The minimum absolute atomic E-state index is 0.137. The van der Waals surface area contributed by atoms with Gasteiger partial charge in [-0.2, -0.15) is 0 Å². The quantitative estimate of drug-likeness (QED) is 0.922. The highest BCUT2D eigenvalue weighted by Gasteiger charge is 2.27. The van der Waals surface area contributed by atoms with Crippen molar-refractivity contribution in [3.63, 3.8) is 0 Å². The summed E-state index contributed by atoms with van der Waals surface area (Å²) < 4.78 is 1.17. The summed E-state index contributed by atoms with van der Waals surface area (Å²) in [5.74, 6) is 0.384. The van der Waals surface area contributed by atoms with Crippen molar-refractivity contribution in [1.82, 2.24) is 9.88 Å². The van der Waals surface area contributed by atoms with E-state index in [2.05, 4.69) is 11.1 Å². The number of aryl methyl sites for hydroxylation is 1. The van der Waals surface area contributed by atoms with Crippen LogP contribution in [0.3, 0.4) is 0 Å². The van der Waals surface area contributed by atoms with Crippen LogP contribution < -0.4 is 0 Å². The standard InChI is InChI=1S/C17H22N2O2S/c1-19(11-12-5-4-7-14(12)20)17(21)10-9-16-18-13-6-2-3-8-15(13)22-16/h2-3,6,8,12,14,20H,4-5,7,9-11H2,1H3. The Bertz CT molecular complexity index is 622. The fourth-order valence-corrected chi connectivity index (χ4v) is 4.08. The molecule has 0 saturated heterocycles. The van der Waals surface area contributed by atoms with Gasteiger partial charge in [0.25, 0.3) is 0 Å². The number of amides is 1. The molecule has 1 N–H and O–H groups in total. The maximum Gasteiger partial charge on any atom is 0.222 e. The van der Waals surface area contributed by atoms with E-state index in [0.717, 1.165) is 29.8 Å². The molecule has 1 aliphatic rings. The van der Waals surface area contributed by atoms with Crippen molar-refractivity contribution in [3.05, 3.63) is 29.3 Å². The Morgan fingerprint density at radius 3 is 2.95 bits per heavy atom. The molecule has 1 aromatic carbocycles. The van der Waals surface area contributed by atoms with Crippen molar-refractivity contribution in [2.45, 2.75) is 38.2 Å². The van der Waals surface area contributed by atoms with Crippen molar-refractivity contribution in [2.75, 3.05) is 13.6 Å². The lowest BCUT2D eigenvalue weighted by Gasteiger charge is -2.23. The molecule has 1 heterocycles. The third kappa shape index (κ3) is 3.47. The summed E-state index contributed by atoms with van der Waals surface area (Å²) >= 11 is 1.66. The van der Waals surface area contributed by atoms with Crippen molar-refractivity contribution >= 4 is 27.5 Å². The van der Waals surface area contributed by atoms with Crippen LogP contribution in [0.2, 0.25) is 0 Å². The van der Waals surface area contributed by atoms with Crippen LogP contribution in [-0.2, 0) is 11.2 Å². The van der Waals surface area contributed by atoms with Gasteiger partial charge >= 0.3 is 0 Å². The SMILES string of the molecule is CN(CC1CCCC1O)C(=O)CCc1nc2ccccc2s1. The summed E-state index contributed by atoms with van der Waals surface area (Å²) in [6.07, 6.45) is 3.91. The van der Waals surface area contributed by atoms with E-state index < -0.39 is 0 Å². The molecule has 118 valence electrons. The maximum absolute atomic E-state index is 12.2. The number of aliphatic hydroxyl groups excluding tert-OH is 1. The highest BCUT2D eigenvalue weighted by molar-refractivity contribution is 7.18. The molecule has 3 rings (SSSR count). The van der Waals surface area contributed by atoms with Gasteiger partial charge in [0, 0.05) is 32.4 Å². The minimum atomic E-state index is -0.237. The van der Waals surface area contributed by atoms with Crippen LogP contribution in [0, 0.1) is 5.92 Å². The Kier molecular flexibility index (Phi) is 4.74. The third-order valence-electron chi connectivity index (χ3n) is 4.44. The van der Waals surface area contributed by atoms with Crippen LogP contribution in [0.5, 0.6) is 0 Å². The summed E-state index contributed by atoms with van der Waals surface area (Å²) in [6, 6.07) is 8.06. The second-order valence-electron chi connectivity index (χ2n) is 6.11. The van der Waals surface area contributed by atoms with Crippen LogP contribution in [0.15, 0.2) is 24.3 Å². The Morgan fingerprint density at radius 1 is 1.41 bits per heavy atom. The fourth-order valence-electron chi connectivity index (χ4n) is 3.12. The van der Waals surface area contributed by atoms with E-state index in [1.54, 1.807) is 16.2 Å². The zero-order valence-electron chi connectivity index (χ0n) is 12.9. The molecule has 1 aliphatic carbocycles. The number of hydrogen-bond donors (Lipinski definition) is 1. The van der Waals surface area contributed by atoms with Crippen molar-refractivity contribution in [1.29, 1.82) is 0 Å². The molecule has 1 amide bonds. The van der Waals surface area contributed by atoms with Gasteiger partial charge in [-0.25, -0.2) is 4.98 Å². The van der Waals surface area contributed by atoms with E-state index in [9.17, 15) is 9.90 Å². The monoisotopic (exact) mass is 318 g/mol. The van der Waals surface area contributed by atoms with Gasteiger partial charge in [-0.1, -0.05) is 18.6 Å². The van der Waals surface area contributed by atoms with Gasteiger partial charge in [0.15, 0.2) is 0 Å². The number of fused-ring (bicyclic) bond motifs is 1. The molecule has 2 aromatic rings. The van der Waals surface area contributed by atoms with Gasteiger partial charge in [-0.3, -0.25) is 4.79 Å². The van der Waals surface area contributed by atoms with Crippen molar-refractivity contribution < 1.29 is 9.90 Å². The van der Waals surface area contributed by atoms with Gasteiger partial charge in [0.1, 0.15) is 0 Å². The molecule has 22 heavy (non-hydrogen) atoms. The zero-order valence-corrected chi connectivity index (χ0v) is 13.7. The Hall–Kier alpha value is -1.46. The van der Waals surface area contributed by atoms with Crippen molar-refractivity contribution in [2.24, 2.45) is 5.92 Å². The molecule has 4 nitrogen and oxygen atoms in total. The summed E-state index contributed by atoms with van der Waals surface area (Å²) in [5.41, 5.74) is 1.01. The first-order valence-electron chi connectivity index (χ1n) is 7.90. The molecular weight excluding hydrogens is 296 g/mol. The van der Waals surface area contributed by atoms with Crippen LogP contribution in [0.25, 0.3) is 10.2 Å². The topological polar surface area (TPSA) is 53.4 Å². The summed E-state index contributed by atoms with van der Waals surface area (Å²) in [7, 11) is 1.84. The predicted molar refractivity (Wildman–Crippen MR) is 88.9 cm³/mol. The highest BCUT2D eigenvalue weighted by Crippen LogP contribution is 2.26. The maximum atomic E-state index is 12.2. The Balaban J connectivity index is 1.52. The molecule has 0 radical (unpaired) electrons. The van der Waals surface area contributed by atoms with Crippen LogP contribution >= 0.6 is 11.3 Å². The van der Waals surface area contributed by atoms with E-state index in [0.29, 0.717) is 19.4 Å². The number of rotatable bonds is 5. The lowest BCUT2D eigenvalue weighted by molar-refractivity contribution is -0.130. The van der Waals surface area contributed by atoms with Crippen LogP contribution in [0.1, 0.15) is 30.7 Å². The summed E-state index contributed by atoms with van der Waals surface area (Å²) in [4.78, 5) is 18.6. The van der Waals surface area contributed by atoms with Crippen LogP contribution in [0.4, 0.5) is 0 Å². The first-order valence-corrected chi connectivity index (χ1v) is 8.71. The van der Waals surface area contributed by atoms with Gasteiger partial charge < -0.3 is 10.0 Å². The lowest BCUT2D eigenvalue weighted by Crippen LogP contribution is -2.34. The number of carbonyl (C=O) groups excluding carboxylic acids is 1. The number of thiazole rings is 1. The van der Waals surface area contributed by atoms with E-state index in [4.69, 9.17) is 0 Å². The second kappa shape index (κ2) is 6.75. The van der Waals surface area contributed by atoms with E-state index in [1.807, 2.05) is 25.2 Å². The fraction of sp³-hybridized carbons (Fsp3) is 0.529. The Morgan fingerprint density at radius 2 is 2.23 bits per heavy atom. The third-order valence-corrected chi connectivity index (χ3v) is 5.54. The van der Waals surface area contributed by atoms with E-state index in [-0.39, 0.29) is 17.9 Å². The molecule has 0 bridgehead atoms. The summed E-state index contributed by atoms with van der Waals surface area (Å²) in [5, 5.41) is 10.9. The molecule has 2 unspecified atom stereocenters. The number of nitrogens with zero attached hydrogens (tertiary/aromatic N) is 2. The smallest absolute Gasteiger partial charge is 0.222 e. The number of hydrogen-bond acceptors (Lipinski definition) is 4. The Labute approximate surface area is 134 Å². The largest absolute Gasteiger partial charge is 0.393 e. The van der Waals surface area contributed by atoms with Gasteiger partial charge in [-0.05, 0) is 25.0 Å². The number of benzene rings is 1. The van der Waals surface area contributed by atoms with Crippen molar-refractivity contribution in [3.8, 4) is 0 Å². The normalized spacial score (nSPS) is 21.4. The van der Waals surface area contributed by atoms with E-state index >= 15 is 0 Å². The molecule has 0 spiro atoms. The highest BCUT2D eigenvalue weighted by atomic mass is 32.1. The molecular formula is C17H22N2O2S. The number of aromatic nitrogens is 1. The molecule has 1 fully saturated rings. The van der Waals surface area contributed by atoms with Gasteiger partial charge in [0.05, 0.1) is 21.3 Å². The molecule has 1 aromatic heterocycles. The number of para-hydroxylation sites is 1. The average molecular weight is 318 g/mol. The minimum Gasteiger partial charge on any atom is -0.393 e. The second-order valence-corrected chi connectivity index (χ2v) is 7.22. The first-order chi connectivity index (χ1) is 10.6. The molecule has 2 atom stereocenters. The zero-order chi connectivity index (χ0) is 15.5. The molecule has 5 heteroatoms. The lowest BCUT2D eigenvalue weighted by atomic mass is 10.1. The first kappa shape index (κ1) is 15.4. The summed E-state index contributed by atoms with van der Waals surface area (Å²) in [6.45, 7) is 0.667. The predicted octanol–water partition coefficient (Wildman–Crippen LogP) is 2.85. The van der Waals surface area contributed by atoms with Gasteiger partial charge in [0.2, 0.25) is 5.91 Å². The van der Waals surface area contributed by atoms with E-state index in [1.165, 1.54) is 4.70 Å². The molecule has 1 saturated carbocycles. The van der Waals surface area contributed by atoms with Crippen LogP contribution in [-0.4, -0.2) is 40.6 Å².